The van der Waals surface area contributed by atoms with E-state index in [4.69, 9.17) is 5.26 Å². The second-order valence-electron chi connectivity index (χ2n) is 3.90. The summed E-state index contributed by atoms with van der Waals surface area (Å²) in [5.41, 5.74) is 0. The predicted octanol–water partition coefficient (Wildman–Crippen LogP) is 0.996. The van der Waals surface area contributed by atoms with Crippen molar-refractivity contribution in [2.24, 2.45) is 5.92 Å². The molecule has 1 aliphatic heterocycles. The van der Waals surface area contributed by atoms with Gasteiger partial charge in [0, 0.05) is 32.1 Å². The number of hydrogen-bond donors (Lipinski definition) is 1. The SMILES string of the molecule is C=CCC(CC#N)C1CNCCN1C. The Balaban J connectivity index is 2.55. The Bertz CT molecular complexity index is 219. The Labute approximate surface area is 86.4 Å². The number of rotatable bonds is 4. The molecule has 1 heterocycles. The molecular weight excluding hydrogens is 174 g/mol. The molecule has 78 valence electrons. The van der Waals surface area contributed by atoms with Gasteiger partial charge < -0.3 is 10.2 Å². The molecule has 0 aliphatic carbocycles. The number of likely N-dealkylation sites (N-methyl/N-ethyl adjacent to an activating group) is 1. The first-order valence-corrected chi connectivity index (χ1v) is 5.18. The molecule has 1 N–H and O–H groups in total. The van der Waals surface area contributed by atoms with Crippen LogP contribution in [-0.4, -0.2) is 37.6 Å². The van der Waals surface area contributed by atoms with Crippen molar-refractivity contribution in [3.8, 4) is 6.07 Å². The summed E-state index contributed by atoms with van der Waals surface area (Å²) in [5, 5.41) is 12.1. The van der Waals surface area contributed by atoms with Gasteiger partial charge in [0.25, 0.3) is 0 Å². The van der Waals surface area contributed by atoms with Crippen molar-refractivity contribution in [3.63, 3.8) is 0 Å². The van der Waals surface area contributed by atoms with E-state index < -0.39 is 0 Å². The number of nitrogens with zero attached hydrogens (tertiary/aromatic N) is 2. The average molecular weight is 193 g/mol. The standard InChI is InChI=1S/C11H19N3/c1-3-4-10(5-6-12)11-9-13-7-8-14(11)2/h3,10-11,13H,1,4-5,7-9H2,2H3. The van der Waals surface area contributed by atoms with E-state index in [1.807, 2.05) is 6.08 Å². The van der Waals surface area contributed by atoms with Crippen LogP contribution in [0.5, 0.6) is 0 Å². The van der Waals surface area contributed by atoms with Crippen LogP contribution in [0, 0.1) is 17.2 Å². The van der Waals surface area contributed by atoms with Gasteiger partial charge in [0.05, 0.1) is 6.07 Å². The molecule has 0 aromatic carbocycles. The van der Waals surface area contributed by atoms with Crippen LogP contribution in [0.4, 0.5) is 0 Å². The summed E-state index contributed by atoms with van der Waals surface area (Å²) in [6.45, 7) is 6.88. The highest BCUT2D eigenvalue weighted by Gasteiger charge is 2.26. The number of nitriles is 1. The molecule has 3 heteroatoms. The van der Waals surface area contributed by atoms with Crippen molar-refractivity contribution in [1.82, 2.24) is 10.2 Å². The maximum absolute atomic E-state index is 8.76. The van der Waals surface area contributed by atoms with Crippen LogP contribution in [0.25, 0.3) is 0 Å². The first-order valence-electron chi connectivity index (χ1n) is 5.18. The van der Waals surface area contributed by atoms with Crippen LogP contribution in [0.3, 0.4) is 0 Å². The van der Waals surface area contributed by atoms with Crippen LogP contribution >= 0.6 is 0 Å². The van der Waals surface area contributed by atoms with Crippen molar-refractivity contribution in [3.05, 3.63) is 12.7 Å². The minimum absolute atomic E-state index is 0.426. The minimum atomic E-state index is 0.426. The zero-order chi connectivity index (χ0) is 10.4. The van der Waals surface area contributed by atoms with E-state index in [9.17, 15) is 0 Å². The second-order valence-corrected chi connectivity index (χ2v) is 3.90. The molecule has 1 rings (SSSR count). The molecule has 3 nitrogen and oxygen atoms in total. The zero-order valence-electron chi connectivity index (χ0n) is 8.87. The van der Waals surface area contributed by atoms with Gasteiger partial charge in [-0.1, -0.05) is 6.08 Å². The molecule has 0 bridgehead atoms. The molecule has 1 saturated heterocycles. The zero-order valence-corrected chi connectivity index (χ0v) is 8.87. The monoisotopic (exact) mass is 193 g/mol. The van der Waals surface area contributed by atoms with Crippen molar-refractivity contribution in [2.45, 2.75) is 18.9 Å². The smallest absolute Gasteiger partial charge is 0.0625 e. The molecular formula is C11H19N3. The Morgan fingerprint density at radius 1 is 1.79 bits per heavy atom. The summed E-state index contributed by atoms with van der Waals surface area (Å²) in [6.07, 6.45) is 3.48. The van der Waals surface area contributed by atoms with Crippen LogP contribution in [0.15, 0.2) is 12.7 Å². The molecule has 2 unspecified atom stereocenters. The number of nitrogens with one attached hydrogen (secondary N) is 1. The van der Waals surface area contributed by atoms with Crippen molar-refractivity contribution < 1.29 is 0 Å². The van der Waals surface area contributed by atoms with Gasteiger partial charge in [-0.05, 0) is 19.4 Å². The lowest BCUT2D eigenvalue weighted by molar-refractivity contribution is 0.144. The molecule has 0 radical (unpaired) electrons. The molecule has 0 amide bonds. The van der Waals surface area contributed by atoms with Gasteiger partial charge >= 0.3 is 0 Å². The largest absolute Gasteiger partial charge is 0.314 e. The maximum Gasteiger partial charge on any atom is 0.0625 e. The van der Waals surface area contributed by atoms with Crippen LogP contribution in [-0.2, 0) is 0 Å². The third-order valence-corrected chi connectivity index (χ3v) is 2.93. The highest BCUT2D eigenvalue weighted by molar-refractivity contribution is 4.91. The topological polar surface area (TPSA) is 39.1 Å². The highest BCUT2D eigenvalue weighted by Crippen LogP contribution is 2.19. The van der Waals surface area contributed by atoms with Crippen molar-refractivity contribution >= 4 is 0 Å². The van der Waals surface area contributed by atoms with Gasteiger partial charge in [-0.25, -0.2) is 0 Å². The lowest BCUT2D eigenvalue weighted by atomic mass is 9.91. The highest BCUT2D eigenvalue weighted by atomic mass is 15.2. The summed E-state index contributed by atoms with van der Waals surface area (Å²) in [4.78, 5) is 2.35. The Morgan fingerprint density at radius 2 is 2.57 bits per heavy atom. The Hall–Kier alpha value is -0.850. The van der Waals surface area contributed by atoms with E-state index in [0.717, 1.165) is 26.1 Å². The lowest BCUT2D eigenvalue weighted by Gasteiger charge is -2.37. The van der Waals surface area contributed by atoms with Gasteiger partial charge in [-0.15, -0.1) is 6.58 Å². The third-order valence-electron chi connectivity index (χ3n) is 2.93. The van der Waals surface area contributed by atoms with Crippen LogP contribution in [0.1, 0.15) is 12.8 Å². The molecule has 0 aromatic heterocycles. The fourth-order valence-electron chi connectivity index (χ4n) is 2.06. The second kappa shape index (κ2) is 5.79. The predicted molar refractivity (Wildman–Crippen MR) is 57.8 cm³/mol. The van der Waals surface area contributed by atoms with Gasteiger partial charge in [-0.2, -0.15) is 5.26 Å². The maximum atomic E-state index is 8.76. The first-order chi connectivity index (χ1) is 6.79. The van der Waals surface area contributed by atoms with Crippen LogP contribution < -0.4 is 5.32 Å². The molecule has 0 aromatic rings. The molecule has 14 heavy (non-hydrogen) atoms. The average Bonchev–Trinajstić information content (AvgIpc) is 2.18. The summed E-state index contributed by atoms with van der Waals surface area (Å²) in [6, 6.07) is 2.76. The summed E-state index contributed by atoms with van der Waals surface area (Å²) in [7, 11) is 2.14. The molecule has 2 atom stereocenters. The van der Waals surface area contributed by atoms with Crippen molar-refractivity contribution in [1.29, 1.82) is 5.26 Å². The van der Waals surface area contributed by atoms with E-state index >= 15 is 0 Å². The first kappa shape index (κ1) is 11.2. The Kier molecular flexibility index (Phi) is 4.64. The molecule has 1 aliphatic rings. The van der Waals surface area contributed by atoms with Gasteiger partial charge in [0.2, 0.25) is 0 Å². The summed E-state index contributed by atoms with van der Waals surface area (Å²) >= 11 is 0. The third kappa shape index (κ3) is 2.83. The van der Waals surface area contributed by atoms with Gasteiger partial charge in [0.1, 0.15) is 0 Å². The van der Waals surface area contributed by atoms with Crippen molar-refractivity contribution in [2.75, 3.05) is 26.7 Å². The van der Waals surface area contributed by atoms with E-state index in [-0.39, 0.29) is 0 Å². The quantitative estimate of drug-likeness (QED) is 0.677. The lowest BCUT2D eigenvalue weighted by Crippen LogP contribution is -2.52. The molecule has 1 fully saturated rings. The number of hydrogen-bond acceptors (Lipinski definition) is 3. The van der Waals surface area contributed by atoms with Gasteiger partial charge in [0.15, 0.2) is 0 Å². The summed E-state index contributed by atoms with van der Waals surface area (Å²) < 4.78 is 0. The number of allylic oxidation sites excluding steroid dienone is 1. The normalized spacial score (nSPS) is 25.3. The van der Waals surface area contributed by atoms with E-state index in [2.05, 4.69) is 29.9 Å². The van der Waals surface area contributed by atoms with Crippen LogP contribution in [0.2, 0.25) is 0 Å². The fourth-order valence-corrected chi connectivity index (χ4v) is 2.06. The minimum Gasteiger partial charge on any atom is -0.314 e. The Morgan fingerprint density at radius 3 is 3.14 bits per heavy atom. The van der Waals surface area contributed by atoms with Gasteiger partial charge in [-0.3, -0.25) is 0 Å². The van der Waals surface area contributed by atoms with E-state index in [1.54, 1.807) is 0 Å². The fraction of sp³-hybridized carbons (Fsp3) is 0.727. The summed E-state index contributed by atoms with van der Waals surface area (Å²) in [5.74, 6) is 0.426. The molecule has 0 spiro atoms. The number of piperazine rings is 1. The van der Waals surface area contributed by atoms with E-state index in [0.29, 0.717) is 18.4 Å². The van der Waals surface area contributed by atoms with E-state index in [1.165, 1.54) is 0 Å². The molecule has 0 saturated carbocycles.